The molecule has 1 rings (SSSR count). The first kappa shape index (κ1) is 13.4. The molecule has 0 saturated heterocycles. The van der Waals surface area contributed by atoms with Gasteiger partial charge in [-0.15, -0.1) is 0 Å². The molecule has 0 bridgehead atoms. The van der Waals surface area contributed by atoms with Crippen LogP contribution in [0, 0.1) is 0 Å². The van der Waals surface area contributed by atoms with Gasteiger partial charge < -0.3 is 20.1 Å². The van der Waals surface area contributed by atoms with Crippen LogP contribution >= 0.6 is 0 Å². The number of hydrogen-bond donors (Lipinski definition) is 2. The average Bonchev–Trinajstić information content (AvgIpc) is 2.22. The number of amides is 1. The third-order valence-corrected chi connectivity index (χ3v) is 2.83. The summed E-state index contributed by atoms with van der Waals surface area (Å²) in [4.78, 5) is 11.4. The van der Waals surface area contributed by atoms with E-state index in [-0.39, 0.29) is 5.91 Å². The van der Waals surface area contributed by atoms with E-state index in [1.165, 1.54) is 0 Å². The highest BCUT2D eigenvalue weighted by Gasteiger charge is 2.28. The Kier molecular flexibility index (Phi) is 6.37. The van der Waals surface area contributed by atoms with Gasteiger partial charge in [-0.25, -0.2) is 0 Å². The molecule has 1 amide bonds. The van der Waals surface area contributed by atoms with E-state index in [9.17, 15) is 4.79 Å². The van der Waals surface area contributed by atoms with Crippen LogP contribution in [0.4, 0.5) is 0 Å². The van der Waals surface area contributed by atoms with E-state index in [0.29, 0.717) is 31.8 Å². The van der Waals surface area contributed by atoms with Gasteiger partial charge in [0.2, 0.25) is 5.91 Å². The lowest BCUT2D eigenvalue weighted by Crippen LogP contribution is -2.48. The number of carbonyl (C=O) groups is 1. The van der Waals surface area contributed by atoms with Crippen LogP contribution in [0.1, 0.15) is 19.3 Å². The zero-order valence-electron chi connectivity index (χ0n) is 10.1. The van der Waals surface area contributed by atoms with Crippen molar-refractivity contribution in [3.8, 4) is 0 Å². The maximum atomic E-state index is 11.4. The van der Waals surface area contributed by atoms with Gasteiger partial charge in [0.05, 0.1) is 12.6 Å². The van der Waals surface area contributed by atoms with Gasteiger partial charge in [-0.2, -0.15) is 0 Å². The van der Waals surface area contributed by atoms with Gasteiger partial charge in [-0.05, 0) is 19.3 Å². The molecule has 1 aliphatic rings. The second kappa shape index (κ2) is 7.60. The summed E-state index contributed by atoms with van der Waals surface area (Å²) in [5, 5.41) is 6.03. The topological polar surface area (TPSA) is 59.6 Å². The van der Waals surface area contributed by atoms with Crippen LogP contribution < -0.4 is 10.6 Å². The summed E-state index contributed by atoms with van der Waals surface area (Å²) in [5.41, 5.74) is 0. The molecule has 0 atom stereocenters. The van der Waals surface area contributed by atoms with E-state index in [1.807, 2.05) is 0 Å². The zero-order chi connectivity index (χ0) is 11.8. The first-order chi connectivity index (χ1) is 7.76. The molecule has 1 fully saturated rings. The summed E-state index contributed by atoms with van der Waals surface area (Å²) in [5.74, 6) is 0.0527. The molecule has 0 aromatic heterocycles. The largest absolute Gasteiger partial charge is 0.385 e. The normalized spacial score (nSPS) is 23.9. The minimum Gasteiger partial charge on any atom is -0.385 e. The Morgan fingerprint density at radius 1 is 1.38 bits per heavy atom. The van der Waals surface area contributed by atoms with Gasteiger partial charge in [0.25, 0.3) is 0 Å². The Labute approximate surface area is 96.9 Å². The van der Waals surface area contributed by atoms with Crippen molar-refractivity contribution in [2.45, 2.75) is 31.4 Å². The number of ether oxygens (including phenoxy) is 2. The number of nitrogens with one attached hydrogen (secondary N) is 2. The fourth-order valence-electron chi connectivity index (χ4n) is 1.67. The van der Waals surface area contributed by atoms with Crippen LogP contribution in [0.2, 0.25) is 0 Å². The highest BCUT2D eigenvalue weighted by atomic mass is 16.5. The van der Waals surface area contributed by atoms with Crippen molar-refractivity contribution < 1.29 is 14.3 Å². The second-order valence-electron chi connectivity index (χ2n) is 4.10. The Bertz CT molecular complexity index is 205. The van der Waals surface area contributed by atoms with Crippen LogP contribution in [-0.2, 0) is 14.3 Å². The summed E-state index contributed by atoms with van der Waals surface area (Å²) in [7, 11) is 3.38. The van der Waals surface area contributed by atoms with E-state index in [0.717, 1.165) is 19.3 Å². The molecule has 2 N–H and O–H groups in total. The van der Waals surface area contributed by atoms with Gasteiger partial charge in [-0.3, -0.25) is 4.79 Å². The maximum Gasteiger partial charge on any atom is 0.233 e. The molecule has 0 aromatic carbocycles. The summed E-state index contributed by atoms with van der Waals surface area (Å²) >= 11 is 0. The zero-order valence-corrected chi connectivity index (χ0v) is 10.1. The Hall–Kier alpha value is -0.650. The number of hydrogen-bond acceptors (Lipinski definition) is 4. The summed E-state index contributed by atoms with van der Waals surface area (Å²) in [6, 6.07) is 0.440. The first-order valence-electron chi connectivity index (χ1n) is 5.78. The Morgan fingerprint density at radius 3 is 2.75 bits per heavy atom. The lowest BCUT2D eigenvalue weighted by Gasteiger charge is -2.34. The maximum absolute atomic E-state index is 11.4. The smallest absolute Gasteiger partial charge is 0.233 e. The van der Waals surface area contributed by atoms with Crippen LogP contribution in [0.5, 0.6) is 0 Å². The van der Waals surface area contributed by atoms with E-state index in [4.69, 9.17) is 9.47 Å². The molecular weight excluding hydrogens is 208 g/mol. The van der Waals surface area contributed by atoms with Crippen molar-refractivity contribution in [3.05, 3.63) is 0 Å². The first-order valence-corrected chi connectivity index (χ1v) is 5.78. The van der Waals surface area contributed by atoms with Crippen LogP contribution in [0.15, 0.2) is 0 Å². The monoisotopic (exact) mass is 230 g/mol. The molecule has 0 aromatic rings. The summed E-state index contributed by atoms with van der Waals surface area (Å²) in [6.07, 6.45) is 3.25. The Morgan fingerprint density at radius 2 is 2.12 bits per heavy atom. The minimum absolute atomic E-state index is 0.0527. The lowest BCUT2D eigenvalue weighted by atomic mass is 9.89. The third kappa shape index (κ3) is 4.92. The van der Waals surface area contributed by atoms with Crippen molar-refractivity contribution in [1.29, 1.82) is 0 Å². The lowest BCUT2D eigenvalue weighted by molar-refractivity contribution is -0.120. The molecule has 0 aliphatic heterocycles. The molecule has 0 radical (unpaired) electrons. The van der Waals surface area contributed by atoms with Gasteiger partial charge in [0.1, 0.15) is 0 Å². The predicted octanol–water partition coefficient (Wildman–Crippen LogP) is -0.0939. The summed E-state index contributed by atoms with van der Waals surface area (Å²) < 4.78 is 10.1. The third-order valence-electron chi connectivity index (χ3n) is 2.83. The molecule has 94 valence electrons. The van der Waals surface area contributed by atoms with E-state index >= 15 is 0 Å². The van der Waals surface area contributed by atoms with Gasteiger partial charge in [0, 0.05) is 33.4 Å². The van der Waals surface area contributed by atoms with Crippen molar-refractivity contribution >= 4 is 5.91 Å². The molecule has 0 spiro atoms. The highest BCUT2D eigenvalue weighted by Crippen LogP contribution is 2.21. The van der Waals surface area contributed by atoms with Gasteiger partial charge in [-0.1, -0.05) is 0 Å². The highest BCUT2D eigenvalue weighted by molar-refractivity contribution is 5.77. The van der Waals surface area contributed by atoms with Crippen molar-refractivity contribution in [1.82, 2.24) is 10.6 Å². The predicted molar refractivity (Wildman–Crippen MR) is 61.3 cm³/mol. The number of rotatable bonds is 8. The number of carbonyl (C=O) groups excluding carboxylic acids is 1. The van der Waals surface area contributed by atoms with Crippen LogP contribution in [0.25, 0.3) is 0 Å². The minimum atomic E-state index is 0.0527. The van der Waals surface area contributed by atoms with Crippen LogP contribution in [0.3, 0.4) is 0 Å². The van der Waals surface area contributed by atoms with Crippen molar-refractivity contribution in [2.75, 3.05) is 33.9 Å². The average molecular weight is 230 g/mol. The van der Waals surface area contributed by atoms with Crippen LogP contribution in [-0.4, -0.2) is 52.0 Å². The molecule has 1 saturated carbocycles. The van der Waals surface area contributed by atoms with E-state index < -0.39 is 0 Å². The van der Waals surface area contributed by atoms with E-state index in [1.54, 1.807) is 14.2 Å². The van der Waals surface area contributed by atoms with Gasteiger partial charge in [0.15, 0.2) is 0 Å². The molecule has 5 heteroatoms. The quantitative estimate of drug-likeness (QED) is 0.572. The molecule has 1 aliphatic carbocycles. The standard InChI is InChI=1S/C11H22N2O3/c1-15-5-3-4-12-11(14)8-13-9-6-10(7-9)16-2/h9-10,13H,3-8H2,1-2H3,(H,12,14). The molecule has 0 unspecified atom stereocenters. The molecule has 5 nitrogen and oxygen atoms in total. The van der Waals surface area contributed by atoms with Crippen molar-refractivity contribution in [2.24, 2.45) is 0 Å². The SMILES string of the molecule is COCCCNC(=O)CNC1CC(OC)C1. The molecule has 0 heterocycles. The second-order valence-corrected chi connectivity index (χ2v) is 4.10. The fraction of sp³-hybridized carbons (Fsp3) is 0.909. The number of methoxy groups -OCH3 is 2. The fourth-order valence-corrected chi connectivity index (χ4v) is 1.67. The summed E-state index contributed by atoms with van der Waals surface area (Å²) in [6.45, 7) is 1.76. The van der Waals surface area contributed by atoms with Gasteiger partial charge >= 0.3 is 0 Å². The molecule has 16 heavy (non-hydrogen) atoms. The van der Waals surface area contributed by atoms with E-state index in [2.05, 4.69) is 10.6 Å². The van der Waals surface area contributed by atoms with Crippen molar-refractivity contribution in [3.63, 3.8) is 0 Å². The Balaban J connectivity index is 1.91. The molecular formula is C11H22N2O3.